The minimum atomic E-state index is -2.85. The summed E-state index contributed by atoms with van der Waals surface area (Å²) < 4.78 is 23.2. The van der Waals surface area contributed by atoms with Gasteiger partial charge in [0.15, 0.2) is 0 Å². The van der Waals surface area contributed by atoms with E-state index in [2.05, 4.69) is 0 Å². The Morgan fingerprint density at radius 1 is 1.06 bits per heavy atom. The molecule has 94 valence electrons. The van der Waals surface area contributed by atoms with Crippen LogP contribution in [-0.4, -0.2) is 25.3 Å². The summed E-state index contributed by atoms with van der Waals surface area (Å²) in [6.07, 6.45) is 8.87. The van der Waals surface area contributed by atoms with Crippen molar-refractivity contribution in [3.8, 4) is 0 Å². The first-order chi connectivity index (χ1) is 7.48. The molecule has 0 bridgehead atoms. The molecule has 0 spiro atoms. The average Bonchev–Trinajstić information content (AvgIpc) is 2.63. The summed E-state index contributed by atoms with van der Waals surface area (Å²) in [5.41, 5.74) is 0. The van der Waals surface area contributed by atoms with Crippen molar-refractivity contribution >= 4 is 21.4 Å². The predicted molar refractivity (Wildman–Crippen MR) is 67.6 cm³/mol. The number of hydrogen-bond donors (Lipinski definition) is 0. The van der Waals surface area contributed by atoms with Crippen molar-refractivity contribution in [1.29, 1.82) is 0 Å². The number of rotatable bonds is 2. The molecule has 0 radical (unpaired) electrons. The molecular weight excluding hydrogens is 244 g/mol. The molecular formula is C12H21ClO2S. The summed E-state index contributed by atoms with van der Waals surface area (Å²) in [4.78, 5) is 0. The smallest absolute Gasteiger partial charge is 0.150 e. The molecule has 0 aromatic carbocycles. The van der Waals surface area contributed by atoms with Crippen molar-refractivity contribution < 1.29 is 8.42 Å². The summed E-state index contributed by atoms with van der Waals surface area (Å²) in [5, 5.41) is 0.194. The molecule has 2 nitrogen and oxygen atoms in total. The molecule has 0 aliphatic heterocycles. The summed E-state index contributed by atoms with van der Waals surface area (Å²) in [6, 6.07) is 0. The van der Waals surface area contributed by atoms with Crippen LogP contribution in [0.2, 0.25) is 0 Å². The lowest BCUT2D eigenvalue weighted by Gasteiger charge is -2.33. The Bertz CT molecular complexity index is 339. The highest BCUT2D eigenvalue weighted by molar-refractivity contribution is 7.91. The Morgan fingerprint density at radius 3 is 2.31 bits per heavy atom. The van der Waals surface area contributed by atoms with E-state index in [0.29, 0.717) is 17.2 Å². The maximum Gasteiger partial charge on any atom is 0.150 e. The van der Waals surface area contributed by atoms with E-state index in [0.717, 1.165) is 25.7 Å². The Morgan fingerprint density at radius 2 is 1.75 bits per heavy atom. The van der Waals surface area contributed by atoms with Crippen LogP contribution < -0.4 is 0 Å². The largest absolute Gasteiger partial charge is 0.229 e. The highest BCUT2D eigenvalue weighted by Gasteiger charge is 2.37. The van der Waals surface area contributed by atoms with Gasteiger partial charge in [0, 0.05) is 11.6 Å². The van der Waals surface area contributed by atoms with Gasteiger partial charge in [0.2, 0.25) is 0 Å². The molecule has 2 rings (SSSR count). The number of alkyl halides is 1. The van der Waals surface area contributed by atoms with Crippen molar-refractivity contribution in [3.63, 3.8) is 0 Å². The van der Waals surface area contributed by atoms with Crippen LogP contribution in [0.25, 0.3) is 0 Å². The lowest BCUT2D eigenvalue weighted by Crippen LogP contribution is -2.32. The molecule has 0 amide bonds. The van der Waals surface area contributed by atoms with Gasteiger partial charge >= 0.3 is 0 Å². The third kappa shape index (κ3) is 2.73. The van der Waals surface area contributed by atoms with Gasteiger partial charge in [0.05, 0.1) is 5.25 Å². The summed E-state index contributed by atoms with van der Waals surface area (Å²) >= 11 is 6.32. The molecule has 4 atom stereocenters. The van der Waals surface area contributed by atoms with Gasteiger partial charge in [0.1, 0.15) is 9.84 Å². The average molecular weight is 265 g/mol. The van der Waals surface area contributed by atoms with Crippen LogP contribution in [-0.2, 0) is 9.84 Å². The first kappa shape index (κ1) is 12.7. The van der Waals surface area contributed by atoms with E-state index in [1.807, 2.05) is 0 Å². The molecule has 2 saturated carbocycles. The standard InChI is InChI=1S/C12H21ClO2S/c1-16(14,15)10-5-2-4-9(8-10)11-6-3-7-12(11)13/h9-12H,2-8H2,1H3. The maximum atomic E-state index is 11.6. The topological polar surface area (TPSA) is 34.1 Å². The van der Waals surface area contributed by atoms with Gasteiger partial charge in [-0.25, -0.2) is 8.42 Å². The number of sulfone groups is 1. The summed E-state index contributed by atoms with van der Waals surface area (Å²) in [7, 11) is -2.85. The van der Waals surface area contributed by atoms with Crippen LogP contribution in [0.15, 0.2) is 0 Å². The van der Waals surface area contributed by atoms with E-state index in [1.165, 1.54) is 25.5 Å². The predicted octanol–water partition coefficient (Wildman–Crippen LogP) is 3.00. The second-order valence-electron chi connectivity index (χ2n) is 5.49. The fraction of sp³-hybridized carbons (Fsp3) is 1.00. The summed E-state index contributed by atoms with van der Waals surface area (Å²) in [6.45, 7) is 0. The normalized spacial score (nSPS) is 41.1. The van der Waals surface area contributed by atoms with Crippen LogP contribution in [0.4, 0.5) is 0 Å². The second-order valence-corrected chi connectivity index (χ2v) is 8.38. The van der Waals surface area contributed by atoms with E-state index in [4.69, 9.17) is 11.6 Å². The Kier molecular flexibility index (Phi) is 3.85. The third-order valence-corrected chi connectivity index (χ3v) is 6.54. The molecule has 2 fully saturated rings. The minimum Gasteiger partial charge on any atom is -0.229 e. The lowest BCUT2D eigenvalue weighted by atomic mass is 9.79. The Hall–Kier alpha value is 0.240. The zero-order chi connectivity index (χ0) is 11.8. The highest BCUT2D eigenvalue weighted by atomic mass is 35.5. The van der Waals surface area contributed by atoms with Gasteiger partial charge in [-0.15, -0.1) is 11.6 Å². The van der Waals surface area contributed by atoms with Gasteiger partial charge < -0.3 is 0 Å². The van der Waals surface area contributed by atoms with E-state index in [1.54, 1.807) is 0 Å². The van der Waals surface area contributed by atoms with E-state index < -0.39 is 9.84 Å². The van der Waals surface area contributed by atoms with Gasteiger partial charge in [-0.2, -0.15) is 0 Å². The molecule has 16 heavy (non-hydrogen) atoms. The quantitative estimate of drug-likeness (QED) is 0.719. The molecule has 0 heterocycles. The van der Waals surface area contributed by atoms with Gasteiger partial charge in [-0.1, -0.05) is 19.3 Å². The Balaban J connectivity index is 2.01. The maximum absolute atomic E-state index is 11.6. The molecule has 0 N–H and O–H groups in total. The molecule has 4 unspecified atom stereocenters. The van der Waals surface area contributed by atoms with Gasteiger partial charge in [-0.05, 0) is 37.5 Å². The molecule has 0 saturated heterocycles. The van der Waals surface area contributed by atoms with Crippen molar-refractivity contribution in [3.05, 3.63) is 0 Å². The van der Waals surface area contributed by atoms with Crippen LogP contribution in [0, 0.1) is 11.8 Å². The van der Waals surface area contributed by atoms with Gasteiger partial charge in [0.25, 0.3) is 0 Å². The summed E-state index contributed by atoms with van der Waals surface area (Å²) in [5.74, 6) is 1.13. The molecule has 0 aromatic heterocycles. The van der Waals surface area contributed by atoms with Crippen molar-refractivity contribution in [2.24, 2.45) is 11.8 Å². The van der Waals surface area contributed by atoms with Crippen molar-refractivity contribution in [2.75, 3.05) is 6.26 Å². The van der Waals surface area contributed by atoms with Crippen LogP contribution in [0.5, 0.6) is 0 Å². The number of halogens is 1. The zero-order valence-electron chi connectivity index (χ0n) is 9.86. The monoisotopic (exact) mass is 264 g/mol. The minimum absolute atomic E-state index is 0.101. The lowest BCUT2D eigenvalue weighted by molar-refractivity contribution is 0.256. The Labute approximate surface area is 104 Å². The molecule has 4 heteroatoms. The second kappa shape index (κ2) is 4.85. The van der Waals surface area contributed by atoms with Crippen molar-refractivity contribution in [2.45, 2.75) is 55.6 Å². The van der Waals surface area contributed by atoms with Gasteiger partial charge in [-0.3, -0.25) is 0 Å². The van der Waals surface area contributed by atoms with Crippen LogP contribution >= 0.6 is 11.6 Å². The molecule has 0 aromatic rings. The van der Waals surface area contributed by atoms with E-state index in [9.17, 15) is 8.42 Å². The first-order valence-corrected chi connectivity index (χ1v) is 8.70. The SMILES string of the molecule is CS(=O)(=O)C1CCCC(C2CCCC2Cl)C1. The first-order valence-electron chi connectivity index (χ1n) is 6.31. The fourth-order valence-electron chi connectivity index (χ4n) is 3.43. The third-order valence-electron chi connectivity index (χ3n) is 4.36. The number of hydrogen-bond acceptors (Lipinski definition) is 2. The fourth-order valence-corrected chi connectivity index (χ4v) is 5.11. The van der Waals surface area contributed by atoms with E-state index in [-0.39, 0.29) is 5.25 Å². The molecule has 2 aliphatic rings. The van der Waals surface area contributed by atoms with Crippen LogP contribution in [0.3, 0.4) is 0 Å². The van der Waals surface area contributed by atoms with E-state index >= 15 is 0 Å². The zero-order valence-corrected chi connectivity index (χ0v) is 11.4. The highest BCUT2D eigenvalue weighted by Crippen LogP contribution is 2.42. The molecule has 2 aliphatic carbocycles. The van der Waals surface area contributed by atoms with Crippen molar-refractivity contribution in [1.82, 2.24) is 0 Å². The van der Waals surface area contributed by atoms with Crippen LogP contribution in [0.1, 0.15) is 44.9 Å².